The van der Waals surface area contributed by atoms with Crippen LogP contribution in [-0.4, -0.2) is 26.0 Å². The Bertz CT molecular complexity index is 533. The van der Waals surface area contributed by atoms with Crippen LogP contribution in [0.3, 0.4) is 0 Å². The monoisotopic (exact) mass is 221 g/mol. The number of nitrogens with zero attached hydrogens (tertiary/aromatic N) is 2. The van der Waals surface area contributed by atoms with Crippen molar-refractivity contribution in [3.63, 3.8) is 0 Å². The van der Waals surface area contributed by atoms with Gasteiger partial charge in [0.1, 0.15) is 18.5 Å². The molecule has 0 bridgehead atoms. The van der Waals surface area contributed by atoms with Gasteiger partial charge in [-0.3, -0.25) is 9.48 Å². The first-order valence-corrected chi connectivity index (χ1v) is 4.70. The van der Waals surface area contributed by atoms with Crippen LogP contribution in [0.2, 0.25) is 0 Å². The number of carboxylic acid groups (broad SMARTS) is 1. The first-order valence-electron chi connectivity index (χ1n) is 4.70. The van der Waals surface area contributed by atoms with E-state index >= 15 is 0 Å². The second kappa shape index (κ2) is 3.92. The van der Waals surface area contributed by atoms with Gasteiger partial charge in [0.25, 0.3) is 0 Å². The minimum atomic E-state index is -1.21. The van der Waals surface area contributed by atoms with E-state index in [4.69, 9.17) is 10.8 Å². The predicted octanol–water partition coefficient (Wildman–Crippen LogP) is 0.0705. The molecule has 2 rings (SSSR count). The van der Waals surface area contributed by atoms with Crippen LogP contribution in [0.4, 0.5) is 0 Å². The first kappa shape index (κ1) is 10.6. The Labute approximate surface area is 90.9 Å². The Kier molecular flexibility index (Phi) is 2.59. The fourth-order valence-corrected chi connectivity index (χ4v) is 1.62. The van der Waals surface area contributed by atoms with Crippen LogP contribution in [0, 0.1) is 0 Å². The minimum Gasteiger partial charge on any atom is -0.480 e. The van der Waals surface area contributed by atoms with Crippen LogP contribution in [0.25, 0.3) is 10.9 Å². The Morgan fingerprint density at radius 1 is 1.50 bits per heavy atom. The molecular weight excluding hydrogens is 210 g/mol. The largest absolute Gasteiger partial charge is 0.480 e. The van der Waals surface area contributed by atoms with Crippen molar-refractivity contribution < 1.29 is 15.0 Å². The fraction of sp³-hybridized carbons (Fsp3) is 0.200. The molecule has 0 aliphatic heterocycles. The number of para-hydroxylation sites is 1. The zero-order valence-electron chi connectivity index (χ0n) is 8.37. The smallest absolute Gasteiger partial charge is 0.325 e. The van der Waals surface area contributed by atoms with E-state index in [1.165, 1.54) is 4.68 Å². The van der Waals surface area contributed by atoms with Crippen LogP contribution < -0.4 is 5.73 Å². The number of aromatic nitrogens is 2. The summed E-state index contributed by atoms with van der Waals surface area (Å²) in [6, 6.07) is 7.03. The number of carbonyl (C=O) groups is 1. The lowest BCUT2D eigenvalue weighted by Gasteiger charge is -1.98. The van der Waals surface area contributed by atoms with Crippen LogP contribution in [0.1, 0.15) is 11.9 Å². The highest BCUT2D eigenvalue weighted by molar-refractivity contribution is 5.83. The van der Waals surface area contributed by atoms with Crippen molar-refractivity contribution in [3.05, 3.63) is 30.0 Å². The molecule has 1 heterocycles. The molecular formula is C10H11N3O3. The van der Waals surface area contributed by atoms with Gasteiger partial charge in [0.2, 0.25) is 0 Å². The highest BCUT2D eigenvalue weighted by Crippen LogP contribution is 2.21. The van der Waals surface area contributed by atoms with Gasteiger partial charge in [-0.1, -0.05) is 18.2 Å². The second-order valence-corrected chi connectivity index (χ2v) is 3.40. The number of hydrogen-bond donors (Lipinski definition) is 3. The van der Waals surface area contributed by atoms with Gasteiger partial charge in [0.05, 0.1) is 5.52 Å². The van der Waals surface area contributed by atoms with Gasteiger partial charge >= 0.3 is 5.97 Å². The van der Waals surface area contributed by atoms with E-state index in [2.05, 4.69) is 5.10 Å². The summed E-state index contributed by atoms with van der Waals surface area (Å²) in [5, 5.41) is 22.7. The number of aliphatic carboxylic acids is 1. The van der Waals surface area contributed by atoms with E-state index in [1.54, 1.807) is 24.3 Å². The molecule has 0 fully saturated rings. The summed E-state index contributed by atoms with van der Waals surface area (Å²) >= 11 is 0. The maximum atomic E-state index is 10.6. The average Bonchev–Trinajstić information content (AvgIpc) is 2.57. The molecule has 0 saturated carbocycles. The molecule has 4 N–H and O–H groups in total. The van der Waals surface area contributed by atoms with Gasteiger partial charge in [-0.25, -0.2) is 0 Å². The number of rotatable bonds is 3. The Hall–Kier alpha value is -1.92. The fourth-order valence-electron chi connectivity index (χ4n) is 1.62. The van der Waals surface area contributed by atoms with Crippen molar-refractivity contribution in [3.8, 4) is 0 Å². The quantitative estimate of drug-likeness (QED) is 0.636. The summed E-state index contributed by atoms with van der Waals surface area (Å²) in [7, 11) is 0. The number of carboxylic acids is 1. The SMILES string of the molecule is NC(O)c1nn(CC(=O)O)c2ccccc12. The van der Waals surface area contributed by atoms with Crippen molar-refractivity contribution in [1.82, 2.24) is 9.78 Å². The van der Waals surface area contributed by atoms with E-state index in [-0.39, 0.29) is 12.2 Å². The number of nitrogens with two attached hydrogens (primary N) is 1. The van der Waals surface area contributed by atoms with Gasteiger partial charge in [0, 0.05) is 5.39 Å². The Morgan fingerprint density at radius 2 is 2.19 bits per heavy atom. The van der Waals surface area contributed by atoms with Crippen molar-refractivity contribution >= 4 is 16.9 Å². The molecule has 0 radical (unpaired) electrons. The molecule has 6 heteroatoms. The van der Waals surface area contributed by atoms with Crippen LogP contribution in [0.5, 0.6) is 0 Å². The van der Waals surface area contributed by atoms with Crippen LogP contribution in [0.15, 0.2) is 24.3 Å². The van der Waals surface area contributed by atoms with E-state index in [0.29, 0.717) is 10.9 Å². The number of hydrogen-bond acceptors (Lipinski definition) is 4. The predicted molar refractivity (Wildman–Crippen MR) is 56.5 cm³/mol. The van der Waals surface area contributed by atoms with Gasteiger partial charge in [-0.15, -0.1) is 0 Å². The molecule has 2 aromatic rings. The third-order valence-corrected chi connectivity index (χ3v) is 2.25. The molecule has 84 valence electrons. The first-order chi connectivity index (χ1) is 7.59. The summed E-state index contributed by atoms with van der Waals surface area (Å²) in [4.78, 5) is 10.6. The van der Waals surface area contributed by atoms with Crippen LogP contribution >= 0.6 is 0 Å². The molecule has 1 unspecified atom stereocenters. The molecule has 0 aliphatic carbocycles. The topological polar surface area (TPSA) is 101 Å². The number of aliphatic hydroxyl groups excluding tert-OH is 1. The van der Waals surface area contributed by atoms with E-state index in [1.807, 2.05) is 0 Å². The second-order valence-electron chi connectivity index (χ2n) is 3.40. The maximum Gasteiger partial charge on any atom is 0.325 e. The minimum absolute atomic E-state index is 0.257. The van der Waals surface area contributed by atoms with Gasteiger partial charge in [-0.05, 0) is 6.07 Å². The van der Waals surface area contributed by atoms with E-state index < -0.39 is 12.2 Å². The molecule has 1 atom stereocenters. The van der Waals surface area contributed by atoms with Crippen molar-refractivity contribution in [2.45, 2.75) is 12.8 Å². The third kappa shape index (κ3) is 1.75. The standard InChI is InChI=1S/C10H11N3O3/c11-10(16)9-6-3-1-2-4-7(6)13(12-9)5-8(14)15/h1-4,10,16H,5,11H2,(H,14,15). The van der Waals surface area contributed by atoms with Crippen molar-refractivity contribution in [2.24, 2.45) is 5.73 Å². The van der Waals surface area contributed by atoms with Crippen molar-refractivity contribution in [2.75, 3.05) is 0 Å². The summed E-state index contributed by atoms with van der Waals surface area (Å²) in [5.74, 6) is -0.994. The molecule has 6 nitrogen and oxygen atoms in total. The van der Waals surface area contributed by atoms with Crippen molar-refractivity contribution in [1.29, 1.82) is 0 Å². The number of aliphatic hydroxyl groups is 1. The molecule has 16 heavy (non-hydrogen) atoms. The average molecular weight is 221 g/mol. The highest BCUT2D eigenvalue weighted by Gasteiger charge is 2.15. The molecule has 1 aromatic carbocycles. The summed E-state index contributed by atoms with van der Waals surface area (Å²) in [6.07, 6.45) is -1.21. The lowest BCUT2D eigenvalue weighted by atomic mass is 10.2. The van der Waals surface area contributed by atoms with Gasteiger partial charge in [0.15, 0.2) is 0 Å². The maximum absolute atomic E-state index is 10.6. The lowest BCUT2D eigenvalue weighted by molar-refractivity contribution is -0.137. The molecule has 0 saturated heterocycles. The van der Waals surface area contributed by atoms with Gasteiger partial charge in [-0.2, -0.15) is 5.10 Å². The van der Waals surface area contributed by atoms with Crippen LogP contribution in [-0.2, 0) is 11.3 Å². The molecule has 1 aromatic heterocycles. The van der Waals surface area contributed by atoms with E-state index in [0.717, 1.165) is 0 Å². The zero-order valence-corrected chi connectivity index (χ0v) is 8.37. The lowest BCUT2D eigenvalue weighted by Crippen LogP contribution is -2.13. The zero-order chi connectivity index (χ0) is 11.7. The Balaban J connectivity index is 2.62. The number of fused-ring (bicyclic) bond motifs is 1. The third-order valence-electron chi connectivity index (χ3n) is 2.25. The summed E-state index contributed by atoms with van der Waals surface area (Å²) < 4.78 is 1.31. The van der Waals surface area contributed by atoms with Gasteiger partial charge < -0.3 is 15.9 Å². The number of benzene rings is 1. The summed E-state index contributed by atoms with van der Waals surface area (Å²) in [6.45, 7) is -0.257. The highest BCUT2D eigenvalue weighted by atomic mass is 16.4. The molecule has 0 amide bonds. The summed E-state index contributed by atoms with van der Waals surface area (Å²) in [5.41, 5.74) is 6.29. The molecule has 0 spiro atoms. The Morgan fingerprint density at radius 3 is 2.81 bits per heavy atom. The molecule has 0 aliphatic rings. The van der Waals surface area contributed by atoms with E-state index in [9.17, 15) is 9.90 Å². The normalized spacial score (nSPS) is 12.9.